The Balaban J connectivity index is 1.99. The molecule has 2 rings (SSSR count). The summed E-state index contributed by atoms with van der Waals surface area (Å²) >= 11 is 0. The average Bonchev–Trinajstić information content (AvgIpc) is 3.05. The molecule has 4 unspecified atom stereocenters. The van der Waals surface area contributed by atoms with Gasteiger partial charge in [0.1, 0.15) is 0 Å². The molecule has 1 aliphatic heterocycles. The molecule has 0 bridgehead atoms. The molecule has 3 N–H and O–H groups in total. The van der Waals surface area contributed by atoms with Crippen LogP contribution in [-0.2, 0) is 4.79 Å². The van der Waals surface area contributed by atoms with Crippen molar-refractivity contribution in [2.24, 2.45) is 5.92 Å². The van der Waals surface area contributed by atoms with E-state index in [9.17, 15) is 14.7 Å². The molecule has 1 aliphatic carbocycles. The molecule has 0 radical (unpaired) electrons. The summed E-state index contributed by atoms with van der Waals surface area (Å²) < 4.78 is 0. The number of rotatable bonds is 3. The maximum Gasteiger partial charge on any atom is 0.321 e. The van der Waals surface area contributed by atoms with Crippen LogP contribution >= 0.6 is 0 Å². The molecule has 114 valence electrons. The molecule has 2 aliphatic rings. The van der Waals surface area contributed by atoms with Gasteiger partial charge >= 0.3 is 6.03 Å². The quantitative estimate of drug-likeness (QED) is 0.702. The van der Waals surface area contributed by atoms with E-state index < -0.39 is 6.03 Å². The van der Waals surface area contributed by atoms with E-state index in [4.69, 9.17) is 0 Å². The summed E-state index contributed by atoms with van der Waals surface area (Å²) in [6.45, 7) is 2.69. The highest BCUT2D eigenvalue weighted by Crippen LogP contribution is 2.36. The van der Waals surface area contributed by atoms with Crippen molar-refractivity contribution in [3.63, 3.8) is 0 Å². The van der Waals surface area contributed by atoms with Crippen LogP contribution in [-0.4, -0.2) is 53.7 Å². The van der Waals surface area contributed by atoms with Crippen molar-refractivity contribution in [2.75, 3.05) is 13.6 Å². The smallest absolute Gasteiger partial charge is 0.321 e. The van der Waals surface area contributed by atoms with E-state index in [1.807, 2.05) is 6.92 Å². The lowest BCUT2D eigenvalue weighted by atomic mass is 9.93. The molecular formula is C14H25N3O3. The summed E-state index contributed by atoms with van der Waals surface area (Å²) in [7, 11) is 1.49. The fourth-order valence-electron chi connectivity index (χ4n) is 3.60. The lowest BCUT2D eigenvalue weighted by Crippen LogP contribution is -2.52. The topological polar surface area (TPSA) is 81.7 Å². The Kier molecular flexibility index (Phi) is 4.99. The number of likely N-dealkylation sites (tertiary alicyclic amines) is 1. The fourth-order valence-corrected chi connectivity index (χ4v) is 3.60. The van der Waals surface area contributed by atoms with Gasteiger partial charge in [0.05, 0.1) is 12.1 Å². The van der Waals surface area contributed by atoms with Crippen molar-refractivity contribution in [1.29, 1.82) is 0 Å². The zero-order valence-electron chi connectivity index (χ0n) is 12.3. The third kappa shape index (κ3) is 3.12. The first-order chi connectivity index (χ1) is 9.54. The first-order valence-corrected chi connectivity index (χ1v) is 7.51. The third-order valence-corrected chi connectivity index (χ3v) is 4.71. The summed E-state index contributed by atoms with van der Waals surface area (Å²) in [4.78, 5) is 25.4. The van der Waals surface area contributed by atoms with Crippen LogP contribution in [0.3, 0.4) is 0 Å². The summed E-state index contributed by atoms with van der Waals surface area (Å²) in [5.74, 6) is -0.00325. The lowest BCUT2D eigenvalue weighted by Gasteiger charge is -2.34. The maximum atomic E-state index is 12.1. The van der Waals surface area contributed by atoms with Gasteiger partial charge in [-0.25, -0.2) is 4.79 Å². The van der Waals surface area contributed by atoms with Gasteiger partial charge < -0.3 is 10.4 Å². The monoisotopic (exact) mass is 283 g/mol. The summed E-state index contributed by atoms with van der Waals surface area (Å²) in [5, 5.41) is 14.8. The Morgan fingerprint density at radius 3 is 2.60 bits per heavy atom. The molecule has 1 saturated heterocycles. The van der Waals surface area contributed by atoms with Crippen LogP contribution in [0.2, 0.25) is 0 Å². The van der Waals surface area contributed by atoms with Crippen LogP contribution in [0.4, 0.5) is 4.79 Å². The Labute approximate surface area is 119 Å². The van der Waals surface area contributed by atoms with E-state index in [-0.39, 0.29) is 30.0 Å². The number of hydrogen-bond donors (Lipinski definition) is 3. The normalized spacial score (nSPS) is 32.0. The molecule has 4 atom stereocenters. The SMILES string of the molecule is CNC(=O)NC(=O)C(C)N1CCCC1C1CCCC1O. The fraction of sp³-hybridized carbons (Fsp3) is 0.857. The number of carbonyl (C=O) groups excluding carboxylic acids is 2. The number of aliphatic hydroxyl groups is 1. The van der Waals surface area contributed by atoms with E-state index in [2.05, 4.69) is 15.5 Å². The van der Waals surface area contributed by atoms with Crippen LogP contribution in [0.25, 0.3) is 0 Å². The number of carbonyl (C=O) groups is 2. The largest absolute Gasteiger partial charge is 0.393 e. The van der Waals surface area contributed by atoms with Crippen molar-refractivity contribution >= 4 is 11.9 Å². The van der Waals surface area contributed by atoms with E-state index >= 15 is 0 Å². The minimum atomic E-state index is -0.474. The van der Waals surface area contributed by atoms with Crippen LogP contribution < -0.4 is 10.6 Å². The molecule has 6 heteroatoms. The number of nitrogens with one attached hydrogen (secondary N) is 2. The highest BCUT2D eigenvalue weighted by Gasteiger charge is 2.41. The van der Waals surface area contributed by atoms with Gasteiger partial charge in [0.15, 0.2) is 0 Å². The molecule has 0 aromatic carbocycles. The predicted octanol–water partition coefficient (Wildman–Crippen LogP) is 0.456. The molecule has 1 heterocycles. The second-order valence-electron chi connectivity index (χ2n) is 5.85. The zero-order chi connectivity index (χ0) is 14.7. The summed E-state index contributed by atoms with van der Waals surface area (Å²) in [5.41, 5.74) is 0. The van der Waals surface area contributed by atoms with Gasteiger partial charge in [-0.3, -0.25) is 15.0 Å². The van der Waals surface area contributed by atoms with E-state index in [0.29, 0.717) is 0 Å². The zero-order valence-corrected chi connectivity index (χ0v) is 12.3. The minimum Gasteiger partial charge on any atom is -0.393 e. The maximum absolute atomic E-state index is 12.1. The van der Waals surface area contributed by atoms with E-state index in [0.717, 1.165) is 38.6 Å². The van der Waals surface area contributed by atoms with E-state index in [1.165, 1.54) is 7.05 Å². The van der Waals surface area contributed by atoms with Crippen molar-refractivity contribution in [3.8, 4) is 0 Å². The minimum absolute atomic E-state index is 0.241. The summed E-state index contributed by atoms with van der Waals surface area (Å²) in [6.07, 6.45) is 4.80. The van der Waals surface area contributed by atoms with Gasteiger partial charge in [-0.1, -0.05) is 6.42 Å². The van der Waals surface area contributed by atoms with Gasteiger partial charge in [-0.05, 0) is 39.2 Å². The van der Waals surface area contributed by atoms with Gasteiger partial charge in [0.25, 0.3) is 0 Å². The molecule has 2 fully saturated rings. The second-order valence-corrected chi connectivity index (χ2v) is 5.85. The van der Waals surface area contributed by atoms with Crippen LogP contribution in [0.5, 0.6) is 0 Å². The first kappa shape index (κ1) is 15.3. The van der Waals surface area contributed by atoms with Crippen molar-refractivity contribution in [3.05, 3.63) is 0 Å². The number of urea groups is 1. The third-order valence-electron chi connectivity index (χ3n) is 4.71. The second kappa shape index (κ2) is 6.54. The van der Waals surface area contributed by atoms with Crippen LogP contribution in [0, 0.1) is 5.92 Å². The molecule has 3 amide bonds. The Morgan fingerprint density at radius 2 is 2.00 bits per heavy atom. The van der Waals surface area contributed by atoms with Crippen LogP contribution in [0.15, 0.2) is 0 Å². The molecular weight excluding hydrogens is 258 g/mol. The number of aliphatic hydroxyl groups excluding tert-OH is 1. The predicted molar refractivity (Wildman–Crippen MR) is 75.1 cm³/mol. The van der Waals surface area contributed by atoms with E-state index in [1.54, 1.807) is 0 Å². The molecule has 0 aromatic heterocycles. The molecule has 6 nitrogen and oxygen atoms in total. The molecule has 1 saturated carbocycles. The highest BCUT2D eigenvalue weighted by molar-refractivity contribution is 5.96. The summed E-state index contributed by atoms with van der Waals surface area (Å²) in [6, 6.07) is -0.552. The Morgan fingerprint density at radius 1 is 1.25 bits per heavy atom. The molecule has 0 spiro atoms. The molecule has 20 heavy (non-hydrogen) atoms. The lowest BCUT2D eigenvalue weighted by molar-refractivity contribution is -0.125. The van der Waals surface area contributed by atoms with Gasteiger partial charge in [-0.2, -0.15) is 0 Å². The number of hydrogen-bond acceptors (Lipinski definition) is 4. The Hall–Kier alpha value is -1.14. The van der Waals surface area contributed by atoms with Crippen LogP contribution in [0.1, 0.15) is 39.0 Å². The average molecular weight is 283 g/mol. The number of imide groups is 1. The van der Waals surface area contributed by atoms with Gasteiger partial charge in [-0.15, -0.1) is 0 Å². The highest BCUT2D eigenvalue weighted by atomic mass is 16.3. The van der Waals surface area contributed by atoms with Gasteiger partial charge in [0.2, 0.25) is 5.91 Å². The number of nitrogens with zero attached hydrogens (tertiary/aromatic N) is 1. The standard InChI is InChI=1S/C14H25N3O3/c1-9(13(19)16-14(20)15-2)17-8-4-6-11(17)10-5-3-7-12(10)18/h9-12,18H,3-8H2,1-2H3,(H2,15,16,19,20). The molecule has 0 aromatic rings. The van der Waals surface area contributed by atoms with Gasteiger partial charge in [0, 0.05) is 19.0 Å². The number of amides is 3. The first-order valence-electron chi connectivity index (χ1n) is 7.51. The van der Waals surface area contributed by atoms with Crippen molar-refractivity contribution in [2.45, 2.75) is 57.2 Å². The Bertz CT molecular complexity index is 375. The van der Waals surface area contributed by atoms with Crippen molar-refractivity contribution in [1.82, 2.24) is 15.5 Å². The van der Waals surface area contributed by atoms with Crippen molar-refractivity contribution < 1.29 is 14.7 Å².